The van der Waals surface area contributed by atoms with Crippen molar-refractivity contribution in [2.24, 2.45) is 0 Å². The first kappa shape index (κ1) is 14.9. The number of rotatable bonds is 6. The van der Waals surface area contributed by atoms with Crippen molar-refractivity contribution in [2.45, 2.75) is 13.1 Å². The summed E-state index contributed by atoms with van der Waals surface area (Å²) in [6.07, 6.45) is 0. The van der Waals surface area contributed by atoms with Gasteiger partial charge in [-0.15, -0.1) is 0 Å². The minimum atomic E-state index is 0.636. The van der Waals surface area contributed by atoms with Crippen LogP contribution in [0.3, 0.4) is 0 Å². The molecule has 0 bridgehead atoms. The Morgan fingerprint density at radius 2 is 1.76 bits per heavy atom. The molecule has 0 aromatic heterocycles. The summed E-state index contributed by atoms with van der Waals surface area (Å²) in [5, 5.41) is 12.3. The fourth-order valence-electron chi connectivity index (χ4n) is 2.07. The largest absolute Gasteiger partial charge is 0.497 e. The molecule has 2 aromatic rings. The SMILES string of the molecule is COc1ccc(CNCc2cc(C#N)ccc2OC)cc1. The summed E-state index contributed by atoms with van der Waals surface area (Å²) in [6.45, 7) is 1.38. The van der Waals surface area contributed by atoms with Crippen LogP contribution < -0.4 is 14.8 Å². The van der Waals surface area contributed by atoms with E-state index in [2.05, 4.69) is 11.4 Å². The zero-order valence-corrected chi connectivity index (χ0v) is 12.2. The Balaban J connectivity index is 1.97. The number of hydrogen-bond donors (Lipinski definition) is 1. The van der Waals surface area contributed by atoms with Gasteiger partial charge in [-0.1, -0.05) is 12.1 Å². The van der Waals surface area contributed by atoms with Crippen LogP contribution in [0, 0.1) is 11.3 Å². The number of nitrogens with one attached hydrogen (secondary N) is 1. The lowest BCUT2D eigenvalue weighted by Gasteiger charge is -2.10. The Labute approximate surface area is 124 Å². The maximum atomic E-state index is 8.96. The molecule has 0 amide bonds. The molecule has 0 aliphatic heterocycles. The number of hydrogen-bond acceptors (Lipinski definition) is 4. The van der Waals surface area contributed by atoms with Crippen LogP contribution in [0.1, 0.15) is 16.7 Å². The van der Waals surface area contributed by atoms with Crippen molar-refractivity contribution < 1.29 is 9.47 Å². The van der Waals surface area contributed by atoms with Gasteiger partial charge in [-0.2, -0.15) is 5.26 Å². The second-order valence-corrected chi connectivity index (χ2v) is 4.59. The second-order valence-electron chi connectivity index (χ2n) is 4.59. The van der Waals surface area contributed by atoms with Gasteiger partial charge in [0, 0.05) is 18.7 Å². The predicted octanol–water partition coefficient (Wildman–Crippen LogP) is 2.87. The van der Waals surface area contributed by atoms with Gasteiger partial charge in [0.25, 0.3) is 0 Å². The third-order valence-electron chi connectivity index (χ3n) is 3.21. The molecule has 21 heavy (non-hydrogen) atoms. The molecule has 4 nitrogen and oxygen atoms in total. The van der Waals surface area contributed by atoms with E-state index >= 15 is 0 Å². The standard InChI is InChI=1S/C17H18N2O2/c1-20-16-6-3-13(4-7-16)11-19-12-15-9-14(10-18)5-8-17(15)21-2/h3-9,19H,11-12H2,1-2H3. The van der Waals surface area contributed by atoms with Crippen LogP contribution in [0.2, 0.25) is 0 Å². The summed E-state index contributed by atoms with van der Waals surface area (Å²) >= 11 is 0. The molecule has 0 aliphatic carbocycles. The molecule has 108 valence electrons. The highest BCUT2D eigenvalue weighted by Gasteiger charge is 2.04. The van der Waals surface area contributed by atoms with Crippen LogP contribution in [0.5, 0.6) is 11.5 Å². The van der Waals surface area contributed by atoms with Gasteiger partial charge in [0.2, 0.25) is 0 Å². The van der Waals surface area contributed by atoms with Crippen LogP contribution in [0.25, 0.3) is 0 Å². The lowest BCUT2D eigenvalue weighted by atomic mass is 10.1. The third-order valence-corrected chi connectivity index (χ3v) is 3.21. The van der Waals surface area contributed by atoms with Gasteiger partial charge >= 0.3 is 0 Å². The molecule has 1 N–H and O–H groups in total. The van der Waals surface area contributed by atoms with Gasteiger partial charge in [-0.25, -0.2) is 0 Å². The summed E-state index contributed by atoms with van der Waals surface area (Å²) in [5.41, 5.74) is 2.79. The molecule has 0 aliphatic rings. The fraction of sp³-hybridized carbons (Fsp3) is 0.235. The van der Waals surface area contributed by atoms with Crippen molar-refractivity contribution in [3.8, 4) is 17.6 Å². The Morgan fingerprint density at radius 3 is 2.38 bits per heavy atom. The number of benzene rings is 2. The first-order valence-electron chi connectivity index (χ1n) is 6.67. The average molecular weight is 282 g/mol. The summed E-state index contributed by atoms with van der Waals surface area (Å²) in [7, 11) is 3.29. The highest BCUT2D eigenvalue weighted by molar-refractivity contribution is 5.42. The maximum absolute atomic E-state index is 8.96. The summed E-state index contributed by atoms with van der Waals surface area (Å²) in [4.78, 5) is 0. The molecule has 0 saturated carbocycles. The molecule has 0 fully saturated rings. The van der Waals surface area contributed by atoms with Crippen molar-refractivity contribution in [3.05, 3.63) is 59.2 Å². The Morgan fingerprint density at radius 1 is 1.00 bits per heavy atom. The number of nitriles is 1. The van der Waals surface area contributed by atoms with E-state index in [-0.39, 0.29) is 0 Å². The highest BCUT2D eigenvalue weighted by Crippen LogP contribution is 2.19. The van der Waals surface area contributed by atoms with E-state index in [1.165, 1.54) is 5.56 Å². The smallest absolute Gasteiger partial charge is 0.123 e. The molecular formula is C17H18N2O2. The van der Waals surface area contributed by atoms with E-state index in [0.717, 1.165) is 23.6 Å². The number of methoxy groups -OCH3 is 2. The molecule has 0 spiro atoms. The fourth-order valence-corrected chi connectivity index (χ4v) is 2.07. The Kier molecular flexibility index (Phi) is 5.19. The van der Waals surface area contributed by atoms with E-state index in [1.807, 2.05) is 36.4 Å². The van der Waals surface area contributed by atoms with Gasteiger partial charge in [0.05, 0.1) is 25.9 Å². The van der Waals surface area contributed by atoms with Crippen molar-refractivity contribution in [1.82, 2.24) is 5.32 Å². The first-order valence-corrected chi connectivity index (χ1v) is 6.67. The molecule has 0 atom stereocenters. The zero-order chi connectivity index (χ0) is 15.1. The monoisotopic (exact) mass is 282 g/mol. The van der Waals surface area contributed by atoms with E-state index in [0.29, 0.717) is 12.1 Å². The second kappa shape index (κ2) is 7.32. The lowest BCUT2D eigenvalue weighted by molar-refractivity contribution is 0.407. The number of ether oxygens (including phenoxy) is 2. The molecule has 2 rings (SSSR count). The summed E-state index contributed by atoms with van der Waals surface area (Å²) in [5.74, 6) is 1.64. The van der Waals surface area contributed by atoms with E-state index < -0.39 is 0 Å². The Bertz CT molecular complexity index is 630. The van der Waals surface area contributed by atoms with Gasteiger partial charge in [-0.3, -0.25) is 0 Å². The lowest BCUT2D eigenvalue weighted by Crippen LogP contribution is -2.13. The zero-order valence-electron chi connectivity index (χ0n) is 12.2. The van der Waals surface area contributed by atoms with Crippen molar-refractivity contribution in [1.29, 1.82) is 5.26 Å². The van der Waals surface area contributed by atoms with Crippen LogP contribution in [-0.4, -0.2) is 14.2 Å². The van der Waals surface area contributed by atoms with Crippen LogP contribution in [-0.2, 0) is 13.1 Å². The molecule has 4 heteroatoms. The summed E-state index contributed by atoms with van der Waals surface area (Å²) in [6, 6.07) is 15.5. The molecule has 0 heterocycles. The molecular weight excluding hydrogens is 264 g/mol. The van der Waals surface area contributed by atoms with Gasteiger partial charge < -0.3 is 14.8 Å². The van der Waals surface area contributed by atoms with E-state index in [1.54, 1.807) is 20.3 Å². The van der Waals surface area contributed by atoms with Crippen molar-refractivity contribution in [3.63, 3.8) is 0 Å². The van der Waals surface area contributed by atoms with Crippen LogP contribution in [0.4, 0.5) is 0 Å². The van der Waals surface area contributed by atoms with Crippen molar-refractivity contribution >= 4 is 0 Å². The van der Waals surface area contributed by atoms with E-state index in [4.69, 9.17) is 14.7 Å². The molecule has 0 unspecified atom stereocenters. The van der Waals surface area contributed by atoms with Gasteiger partial charge in [0.15, 0.2) is 0 Å². The minimum Gasteiger partial charge on any atom is -0.497 e. The van der Waals surface area contributed by atoms with Crippen LogP contribution in [0.15, 0.2) is 42.5 Å². The predicted molar refractivity (Wildman–Crippen MR) is 81.2 cm³/mol. The van der Waals surface area contributed by atoms with Crippen LogP contribution >= 0.6 is 0 Å². The third kappa shape index (κ3) is 3.98. The van der Waals surface area contributed by atoms with E-state index in [9.17, 15) is 0 Å². The maximum Gasteiger partial charge on any atom is 0.123 e. The minimum absolute atomic E-state index is 0.636. The highest BCUT2D eigenvalue weighted by atomic mass is 16.5. The topological polar surface area (TPSA) is 54.3 Å². The molecule has 2 aromatic carbocycles. The summed E-state index contributed by atoms with van der Waals surface area (Å²) < 4.78 is 10.4. The van der Waals surface area contributed by atoms with Gasteiger partial charge in [0.1, 0.15) is 11.5 Å². The molecule has 0 saturated heterocycles. The van der Waals surface area contributed by atoms with Crippen molar-refractivity contribution in [2.75, 3.05) is 14.2 Å². The first-order chi connectivity index (χ1) is 10.3. The normalized spacial score (nSPS) is 9.95. The molecule has 0 radical (unpaired) electrons. The number of nitrogens with zero attached hydrogens (tertiary/aromatic N) is 1. The Hall–Kier alpha value is -2.51. The quantitative estimate of drug-likeness (QED) is 0.885. The van der Waals surface area contributed by atoms with Gasteiger partial charge in [-0.05, 0) is 35.9 Å². The average Bonchev–Trinajstić information content (AvgIpc) is 2.55.